The first-order valence-corrected chi connectivity index (χ1v) is 6.76. The first kappa shape index (κ1) is 17.1. The van der Waals surface area contributed by atoms with E-state index >= 15 is 0 Å². The predicted molar refractivity (Wildman–Crippen MR) is 80.2 cm³/mol. The van der Waals surface area contributed by atoms with Crippen molar-refractivity contribution in [2.75, 3.05) is 10.6 Å². The molecule has 2 aromatic rings. The maximum Gasteiger partial charge on any atom is 0.417 e. The van der Waals surface area contributed by atoms with Gasteiger partial charge in [0.25, 0.3) is 0 Å². The number of nitrogens with one attached hydrogen (secondary N) is 2. The highest BCUT2D eigenvalue weighted by Crippen LogP contribution is 2.36. The summed E-state index contributed by atoms with van der Waals surface area (Å²) < 4.78 is 51.6. The molecule has 0 spiro atoms. The fraction of sp³-hybridized carbons (Fsp3) is 0.133. The third-order valence-corrected chi connectivity index (χ3v) is 3.38. The lowest BCUT2D eigenvalue weighted by Gasteiger charge is -2.13. The van der Waals surface area contributed by atoms with Gasteiger partial charge in [-0.25, -0.2) is 9.18 Å². The third kappa shape index (κ3) is 4.13. The molecule has 122 valence electrons. The van der Waals surface area contributed by atoms with Crippen molar-refractivity contribution < 1.29 is 22.4 Å². The topological polar surface area (TPSA) is 41.1 Å². The molecule has 0 aliphatic heterocycles. The Kier molecular flexibility index (Phi) is 4.79. The largest absolute Gasteiger partial charge is 0.417 e. The fourth-order valence-corrected chi connectivity index (χ4v) is 2.07. The predicted octanol–water partition coefficient (Wildman–Crippen LogP) is 5.45. The first-order valence-electron chi connectivity index (χ1n) is 6.38. The maximum absolute atomic E-state index is 13.4. The average molecular weight is 347 g/mol. The lowest BCUT2D eigenvalue weighted by Crippen LogP contribution is -2.20. The smallest absolute Gasteiger partial charge is 0.308 e. The van der Waals surface area contributed by atoms with Crippen molar-refractivity contribution in [2.24, 2.45) is 0 Å². The molecule has 3 nitrogen and oxygen atoms in total. The van der Waals surface area contributed by atoms with Crippen LogP contribution in [0.4, 0.5) is 33.7 Å². The van der Waals surface area contributed by atoms with Gasteiger partial charge in [-0.05, 0) is 37.3 Å². The van der Waals surface area contributed by atoms with Crippen LogP contribution >= 0.6 is 11.6 Å². The highest BCUT2D eigenvalue weighted by Gasteiger charge is 2.33. The molecule has 0 saturated carbocycles. The number of hydrogen-bond donors (Lipinski definition) is 2. The van der Waals surface area contributed by atoms with Crippen LogP contribution in [0.5, 0.6) is 0 Å². The molecule has 0 aliphatic rings. The summed E-state index contributed by atoms with van der Waals surface area (Å²) in [5, 5.41) is 4.15. The molecule has 2 N–H and O–H groups in total. The molecule has 2 amide bonds. The number of benzene rings is 2. The molecule has 0 heterocycles. The third-order valence-electron chi connectivity index (χ3n) is 3.05. The van der Waals surface area contributed by atoms with E-state index in [2.05, 4.69) is 10.6 Å². The molecule has 8 heteroatoms. The molecule has 0 aliphatic carbocycles. The van der Waals surface area contributed by atoms with Crippen LogP contribution in [0.1, 0.15) is 11.1 Å². The highest BCUT2D eigenvalue weighted by molar-refractivity contribution is 6.31. The van der Waals surface area contributed by atoms with E-state index in [4.69, 9.17) is 11.6 Å². The normalized spacial score (nSPS) is 11.2. The second-order valence-corrected chi connectivity index (χ2v) is 5.09. The number of hydrogen-bond acceptors (Lipinski definition) is 1. The molecule has 0 atom stereocenters. The monoisotopic (exact) mass is 346 g/mol. The number of alkyl halides is 3. The average Bonchev–Trinajstić information content (AvgIpc) is 2.45. The van der Waals surface area contributed by atoms with Crippen molar-refractivity contribution in [2.45, 2.75) is 13.1 Å². The van der Waals surface area contributed by atoms with Crippen LogP contribution in [-0.2, 0) is 6.18 Å². The van der Waals surface area contributed by atoms with Crippen LogP contribution in [0.3, 0.4) is 0 Å². The lowest BCUT2D eigenvalue weighted by atomic mass is 10.2. The van der Waals surface area contributed by atoms with Gasteiger partial charge in [-0.3, -0.25) is 0 Å². The minimum atomic E-state index is -4.63. The van der Waals surface area contributed by atoms with E-state index in [1.807, 2.05) is 0 Å². The zero-order valence-corrected chi connectivity index (χ0v) is 12.5. The Morgan fingerprint density at radius 1 is 1.13 bits per heavy atom. The summed E-state index contributed by atoms with van der Waals surface area (Å²) in [6.07, 6.45) is -4.63. The van der Waals surface area contributed by atoms with E-state index < -0.39 is 28.6 Å². The number of carbonyl (C=O) groups is 1. The Balaban J connectivity index is 2.16. The highest BCUT2D eigenvalue weighted by atomic mass is 35.5. The Hall–Kier alpha value is -2.28. The summed E-state index contributed by atoms with van der Waals surface area (Å²) in [7, 11) is 0. The molecule has 0 saturated heterocycles. The zero-order chi connectivity index (χ0) is 17.2. The van der Waals surface area contributed by atoms with Crippen molar-refractivity contribution in [3.8, 4) is 0 Å². The van der Waals surface area contributed by atoms with Crippen LogP contribution in [0.15, 0.2) is 36.4 Å². The Morgan fingerprint density at radius 3 is 2.48 bits per heavy atom. The number of anilines is 2. The quantitative estimate of drug-likeness (QED) is 0.697. The van der Waals surface area contributed by atoms with Gasteiger partial charge in [0.2, 0.25) is 0 Å². The summed E-state index contributed by atoms with van der Waals surface area (Å²) in [5.41, 5.74) is -0.713. The number of amides is 2. The number of carbonyl (C=O) groups excluding carboxylic acids is 1. The van der Waals surface area contributed by atoms with Crippen LogP contribution in [0, 0.1) is 12.7 Å². The molecular weight excluding hydrogens is 336 g/mol. The van der Waals surface area contributed by atoms with Crippen molar-refractivity contribution in [3.05, 3.63) is 58.4 Å². The summed E-state index contributed by atoms with van der Waals surface area (Å²) in [6, 6.07) is 6.30. The zero-order valence-electron chi connectivity index (χ0n) is 11.8. The van der Waals surface area contributed by atoms with Crippen LogP contribution in [-0.4, -0.2) is 6.03 Å². The van der Waals surface area contributed by atoms with Gasteiger partial charge >= 0.3 is 12.2 Å². The number of urea groups is 1. The molecule has 23 heavy (non-hydrogen) atoms. The van der Waals surface area contributed by atoms with E-state index in [1.54, 1.807) is 0 Å². The van der Waals surface area contributed by atoms with Crippen LogP contribution in [0.2, 0.25) is 5.02 Å². The Labute approximate surface area is 134 Å². The second kappa shape index (κ2) is 6.45. The number of rotatable bonds is 2. The fourth-order valence-electron chi connectivity index (χ4n) is 1.85. The molecule has 0 bridgehead atoms. The van der Waals surface area contributed by atoms with Gasteiger partial charge < -0.3 is 10.6 Å². The van der Waals surface area contributed by atoms with Crippen molar-refractivity contribution in [1.82, 2.24) is 0 Å². The van der Waals surface area contributed by atoms with Crippen molar-refractivity contribution in [3.63, 3.8) is 0 Å². The van der Waals surface area contributed by atoms with Gasteiger partial charge in [0.05, 0.1) is 10.6 Å². The van der Waals surface area contributed by atoms with E-state index in [-0.39, 0.29) is 16.9 Å². The van der Waals surface area contributed by atoms with E-state index in [1.165, 1.54) is 31.2 Å². The van der Waals surface area contributed by atoms with Crippen molar-refractivity contribution >= 4 is 29.0 Å². The second-order valence-electron chi connectivity index (χ2n) is 4.68. The molecule has 2 rings (SSSR count). The van der Waals surface area contributed by atoms with Gasteiger partial charge in [0.15, 0.2) is 0 Å². The van der Waals surface area contributed by atoms with Crippen LogP contribution in [0.25, 0.3) is 0 Å². The van der Waals surface area contributed by atoms with Gasteiger partial charge in [0, 0.05) is 16.9 Å². The molecule has 0 radical (unpaired) electrons. The van der Waals surface area contributed by atoms with Gasteiger partial charge in [-0.1, -0.05) is 17.7 Å². The van der Waals surface area contributed by atoms with E-state index in [0.29, 0.717) is 0 Å². The van der Waals surface area contributed by atoms with E-state index in [9.17, 15) is 22.4 Å². The minimum absolute atomic E-state index is 0.0896. The minimum Gasteiger partial charge on any atom is -0.308 e. The molecule has 0 fully saturated rings. The summed E-state index contributed by atoms with van der Waals surface area (Å²) in [5.74, 6) is -0.506. The van der Waals surface area contributed by atoms with Crippen LogP contribution < -0.4 is 10.6 Å². The Morgan fingerprint density at radius 2 is 1.83 bits per heavy atom. The SMILES string of the molecule is Cc1c(F)cccc1NC(=O)Nc1ccc(Cl)c(C(F)(F)F)c1. The van der Waals surface area contributed by atoms with Gasteiger partial charge in [-0.15, -0.1) is 0 Å². The van der Waals surface area contributed by atoms with Gasteiger partial charge in [-0.2, -0.15) is 13.2 Å². The van der Waals surface area contributed by atoms with Crippen molar-refractivity contribution in [1.29, 1.82) is 0 Å². The molecular formula is C15H11ClF4N2O. The van der Waals surface area contributed by atoms with E-state index in [0.717, 1.165) is 12.1 Å². The molecule has 0 unspecified atom stereocenters. The molecule has 2 aromatic carbocycles. The number of halogens is 5. The molecule has 0 aromatic heterocycles. The maximum atomic E-state index is 13.4. The standard InChI is InChI=1S/C15H11ClF4N2O/c1-8-12(17)3-2-4-13(8)22-14(23)21-9-5-6-11(16)10(7-9)15(18,19)20/h2-7H,1H3,(H2,21,22,23). The summed E-state index contributed by atoms with van der Waals surface area (Å²) >= 11 is 5.50. The summed E-state index contributed by atoms with van der Waals surface area (Å²) in [6.45, 7) is 1.47. The summed E-state index contributed by atoms with van der Waals surface area (Å²) in [4.78, 5) is 11.8. The Bertz CT molecular complexity index is 747. The lowest BCUT2D eigenvalue weighted by molar-refractivity contribution is -0.137. The first-order chi connectivity index (χ1) is 10.7. The van der Waals surface area contributed by atoms with Gasteiger partial charge in [0.1, 0.15) is 5.82 Å².